The molecule has 0 unspecified atom stereocenters. The average Bonchev–Trinajstić information content (AvgIpc) is 3.45. The molecule has 1 atom stereocenters. The molecular weight excluding hydrogens is 426 g/mol. The van der Waals surface area contributed by atoms with Crippen LogP contribution in [0.25, 0.3) is 22.2 Å². The van der Waals surface area contributed by atoms with E-state index in [1.807, 2.05) is 32.0 Å². The second kappa shape index (κ2) is 8.10. The zero-order chi connectivity index (χ0) is 23.3. The normalized spacial score (nSPS) is 16.3. The van der Waals surface area contributed by atoms with Crippen LogP contribution in [-0.4, -0.2) is 20.6 Å². The van der Waals surface area contributed by atoms with E-state index in [1.54, 1.807) is 4.90 Å². The van der Waals surface area contributed by atoms with Gasteiger partial charge in [0.25, 0.3) is 0 Å². The fraction of sp³-hybridized carbons (Fsp3) is 0.320. The molecule has 1 amide bonds. The second-order valence-electron chi connectivity index (χ2n) is 8.44. The van der Waals surface area contributed by atoms with Crippen LogP contribution in [0.15, 0.2) is 40.9 Å². The molecule has 0 spiro atoms. The first-order valence-electron chi connectivity index (χ1n) is 11.1. The molecule has 0 radical (unpaired) electrons. The van der Waals surface area contributed by atoms with Crippen LogP contribution in [0.5, 0.6) is 0 Å². The first-order chi connectivity index (χ1) is 15.9. The van der Waals surface area contributed by atoms with Crippen molar-refractivity contribution in [2.45, 2.75) is 52.6 Å². The van der Waals surface area contributed by atoms with Gasteiger partial charge in [0.1, 0.15) is 11.6 Å². The summed E-state index contributed by atoms with van der Waals surface area (Å²) in [6.07, 6.45) is 1.76. The fourth-order valence-corrected chi connectivity index (χ4v) is 4.80. The minimum absolute atomic E-state index is 0.127. The Morgan fingerprint density at radius 3 is 2.64 bits per heavy atom. The quantitative estimate of drug-likeness (QED) is 0.382. The Morgan fingerprint density at radius 1 is 1.12 bits per heavy atom. The van der Waals surface area contributed by atoms with Crippen molar-refractivity contribution in [3.8, 4) is 11.1 Å². The van der Waals surface area contributed by atoms with Crippen LogP contribution in [0.4, 0.5) is 14.5 Å². The minimum Gasteiger partial charge on any atom is -0.361 e. The van der Waals surface area contributed by atoms with Gasteiger partial charge < -0.3 is 14.0 Å². The third-order valence-corrected chi connectivity index (χ3v) is 6.24. The summed E-state index contributed by atoms with van der Waals surface area (Å²) >= 11 is 0. The molecule has 33 heavy (non-hydrogen) atoms. The van der Waals surface area contributed by atoms with Gasteiger partial charge in [-0.15, -0.1) is 0 Å². The molecule has 4 aromatic rings. The van der Waals surface area contributed by atoms with E-state index in [2.05, 4.69) is 16.6 Å². The van der Waals surface area contributed by atoms with E-state index >= 15 is 0 Å². The van der Waals surface area contributed by atoms with Gasteiger partial charge in [0.05, 0.1) is 22.8 Å². The molecule has 0 N–H and O–H groups in total. The predicted molar refractivity (Wildman–Crippen MR) is 121 cm³/mol. The maximum absolute atomic E-state index is 14.0. The maximum Gasteiger partial charge on any atom is 0.227 e. The number of carbonyl (C=O) groups is 1. The summed E-state index contributed by atoms with van der Waals surface area (Å²) < 4.78 is 34.9. The second-order valence-corrected chi connectivity index (χ2v) is 8.44. The molecule has 6 nitrogen and oxygen atoms in total. The average molecular weight is 450 g/mol. The molecule has 1 aliphatic rings. The monoisotopic (exact) mass is 450 g/mol. The molecule has 2 aromatic heterocycles. The Hall–Kier alpha value is -3.55. The van der Waals surface area contributed by atoms with Gasteiger partial charge in [-0.25, -0.2) is 13.8 Å². The van der Waals surface area contributed by atoms with Gasteiger partial charge in [-0.1, -0.05) is 18.1 Å². The zero-order valence-electron chi connectivity index (χ0n) is 18.7. The lowest BCUT2D eigenvalue weighted by Gasteiger charge is -2.25. The Balaban J connectivity index is 1.63. The van der Waals surface area contributed by atoms with Crippen LogP contribution in [0.2, 0.25) is 0 Å². The molecule has 1 saturated heterocycles. The summed E-state index contributed by atoms with van der Waals surface area (Å²) in [6, 6.07) is 9.28. The molecule has 170 valence electrons. The number of nitrogens with zero attached hydrogens (tertiary/aromatic N) is 4. The predicted octanol–water partition coefficient (Wildman–Crippen LogP) is 5.86. The molecule has 0 aliphatic carbocycles. The summed E-state index contributed by atoms with van der Waals surface area (Å²) in [4.78, 5) is 19.3. The topological polar surface area (TPSA) is 64.2 Å². The van der Waals surface area contributed by atoms with Gasteiger partial charge in [-0.3, -0.25) is 4.79 Å². The Kier molecular flexibility index (Phi) is 5.23. The van der Waals surface area contributed by atoms with Gasteiger partial charge in [-0.05, 0) is 56.5 Å². The van der Waals surface area contributed by atoms with Crippen LogP contribution < -0.4 is 4.90 Å². The van der Waals surface area contributed by atoms with E-state index in [-0.39, 0.29) is 11.9 Å². The van der Waals surface area contributed by atoms with Crippen LogP contribution >= 0.6 is 0 Å². The van der Waals surface area contributed by atoms with E-state index < -0.39 is 11.6 Å². The van der Waals surface area contributed by atoms with Crippen LogP contribution in [-0.2, 0) is 11.3 Å². The van der Waals surface area contributed by atoms with Gasteiger partial charge in [0.15, 0.2) is 11.6 Å². The number of aryl methyl sites for hydroxylation is 3. The number of rotatable bonds is 5. The number of imidazole rings is 1. The van der Waals surface area contributed by atoms with E-state index in [0.717, 1.165) is 64.5 Å². The van der Waals surface area contributed by atoms with Crippen molar-refractivity contribution in [1.82, 2.24) is 14.7 Å². The molecule has 5 rings (SSSR count). The number of aromatic nitrogens is 3. The van der Waals surface area contributed by atoms with Crippen molar-refractivity contribution in [2.24, 2.45) is 0 Å². The smallest absolute Gasteiger partial charge is 0.227 e. The number of benzene rings is 2. The van der Waals surface area contributed by atoms with E-state index in [1.165, 1.54) is 6.07 Å². The summed E-state index contributed by atoms with van der Waals surface area (Å²) in [5.41, 5.74) is 4.83. The molecular formula is C25H24F2N4O2. The molecule has 0 bridgehead atoms. The van der Waals surface area contributed by atoms with Gasteiger partial charge in [-0.2, -0.15) is 0 Å². The molecule has 0 saturated carbocycles. The molecule has 2 aromatic carbocycles. The molecule has 1 aliphatic heterocycles. The van der Waals surface area contributed by atoms with Crippen molar-refractivity contribution in [3.63, 3.8) is 0 Å². The summed E-state index contributed by atoms with van der Waals surface area (Å²) in [7, 11) is 0. The van der Waals surface area contributed by atoms with E-state index in [0.29, 0.717) is 18.5 Å². The fourth-order valence-electron chi connectivity index (χ4n) is 4.80. The van der Waals surface area contributed by atoms with Gasteiger partial charge >= 0.3 is 0 Å². The summed E-state index contributed by atoms with van der Waals surface area (Å²) in [5, 5.41) is 4.05. The van der Waals surface area contributed by atoms with Crippen LogP contribution in [0, 0.1) is 25.5 Å². The number of hydrogen-bond acceptors (Lipinski definition) is 4. The van der Waals surface area contributed by atoms with Crippen molar-refractivity contribution >= 4 is 22.6 Å². The molecule has 1 fully saturated rings. The number of carbonyl (C=O) groups excluding carboxylic acids is 1. The third-order valence-electron chi connectivity index (χ3n) is 6.24. The summed E-state index contributed by atoms with van der Waals surface area (Å²) in [6.45, 7) is 6.60. The van der Waals surface area contributed by atoms with Gasteiger partial charge in [0.2, 0.25) is 5.91 Å². The number of amides is 1. The Bertz CT molecular complexity index is 1350. The van der Waals surface area contributed by atoms with Crippen LogP contribution in [0.3, 0.4) is 0 Å². The number of anilines is 1. The third kappa shape index (κ3) is 3.50. The lowest BCUT2D eigenvalue weighted by Crippen LogP contribution is -2.29. The van der Waals surface area contributed by atoms with E-state index in [9.17, 15) is 13.6 Å². The minimum atomic E-state index is -0.975. The SMILES string of the molecule is CCCn1c([C@@H]2CCC(=O)N2c2ccc(F)c(F)c2)nc2cc(-c3c(C)noc3C)ccc21. The first kappa shape index (κ1) is 21.3. The number of fused-ring (bicyclic) bond motifs is 1. The largest absolute Gasteiger partial charge is 0.361 e. The van der Waals surface area contributed by atoms with Gasteiger partial charge in [0, 0.05) is 30.3 Å². The highest BCUT2D eigenvalue weighted by atomic mass is 19.2. The lowest BCUT2D eigenvalue weighted by molar-refractivity contribution is -0.117. The van der Waals surface area contributed by atoms with Crippen LogP contribution in [0.1, 0.15) is 49.5 Å². The number of hydrogen-bond donors (Lipinski definition) is 0. The Morgan fingerprint density at radius 2 is 1.94 bits per heavy atom. The van der Waals surface area contributed by atoms with Crippen molar-refractivity contribution in [1.29, 1.82) is 0 Å². The highest BCUT2D eigenvalue weighted by Crippen LogP contribution is 2.39. The summed E-state index contributed by atoms with van der Waals surface area (Å²) in [5.74, 6) is -0.550. The molecule has 8 heteroatoms. The molecule has 3 heterocycles. The Labute approximate surface area is 189 Å². The van der Waals surface area contributed by atoms with Crippen molar-refractivity contribution < 1.29 is 18.1 Å². The maximum atomic E-state index is 14.0. The highest BCUT2D eigenvalue weighted by Gasteiger charge is 2.37. The standard InChI is InChI=1S/C25H24F2N4O2/c1-4-11-30-21-8-5-16(24-14(2)29-33-15(24)3)12-20(21)28-25(30)22-9-10-23(32)31(22)17-6-7-18(26)19(27)13-17/h5-8,12-13,22H,4,9-11H2,1-3H3/t22-/m0/s1. The number of halogens is 2. The zero-order valence-corrected chi connectivity index (χ0v) is 18.7. The lowest BCUT2D eigenvalue weighted by atomic mass is 10.0. The first-order valence-corrected chi connectivity index (χ1v) is 11.1. The van der Waals surface area contributed by atoms with E-state index in [4.69, 9.17) is 9.51 Å². The highest BCUT2D eigenvalue weighted by molar-refractivity contribution is 5.96. The van der Waals surface area contributed by atoms with Crippen molar-refractivity contribution in [2.75, 3.05) is 4.90 Å². The van der Waals surface area contributed by atoms with Crippen molar-refractivity contribution in [3.05, 3.63) is 65.3 Å².